The van der Waals surface area contributed by atoms with E-state index < -0.39 is 0 Å². The highest BCUT2D eigenvalue weighted by molar-refractivity contribution is 6.09. The number of benzene rings is 9. The third kappa shape index (κ3) is 5.44. The minimum absolute atomic E-state index is 0.911. The average Bonchev–Trinajstić information content (AvgIpc) is 3.97. The summed E-state index contributed by atoms with van der Waals surface area (Å²) >= 11 is 0. The fourth-order valence-corrected chi connectivity index (χ4v) is 9.06. The largest absolute Gasteiger partial charge is 0.310 e. The Morgan fingerprint density at radius 3 is 1.45 bits per heavy atom. The molecule has 3 aromatic heterocycles. The van der Waals surface area contributed by atoms with Crippen molar-refractivity contribution in [2.75, 3.05) is 4.90 Å². The van der Waals surface area contributed by atoms with E-state index >= 15 is 0 Å². The van der Waals surface area contributed by atoms with E-state index in [-0.39, 0.29) is 0 Å². The summed E-state index contributed by atoms with van der Waals surface area (Å²) in [6.45, 7) is 0. The number of fused-ring (bicyclic) bond motifs is 8. The number of hydrogen-bond acceptors (Lipinski definition) is 2. The van der Waals surface area contributed by atoms with E-state index in [1.165, 1.54) is 32.9 Å². The molecule has 12 aromatic rings. The molecule has 0 saturated heterocycles. The van der Waals surface area contributed by atoms with Gasteiger partial charge in [0, 0.05) is 39.2 Å². The van der Waals surface area contributed by atoms with Gasteiger partial charge in [-0.25, -0.2) is 4.98 Å². The van der Waals surface area contributed by atoms with Crippen molar-refractivity contribution in [2.45, 2.75) is 0 Å². The van der Waals surface area contributed by atoms with E-state index in [4.69, 9.17) is 4.98 Å². The first kappa shape index (κ1) is 33.9. The van der Waals surface area contributed by atoms with Gasteiger partial charge in [0.2, 0.25) is 5.78 Å². The molecule has 0 saturated carbocycles. The molecule has 0 N–H and O–H groups in total. The standard InChI is InChI=1S/C55H37N5/c1-2-13-38(14-3-1)39-25-31-42(32-26-39)57(45-15-12-16-46(37-45)58-50-20-7-4-17-47(50)48-18-5-8-21-51(48)58)43-33-27-40(28-34-43)41-29-35-44(36-30-41)59-53-23-10-11-24-54(53)60-52-22-9-6-19-49(52)56-55(59)60/h1-37H. The van der Waals surface area contributed by atoms with E-state index in [1.807, 2.05) is 6.07 Å². The van der Waals surface area contributed by atoms with Gasteiger partial charge in [-0.05, 0) is 113 Å². The number of hydrogen-bond donors (Lipinski definition) is 0. The highest BCUT2D eigenvalue weighted by atomic mass is 15.2. The maximum atomic E-state index is 5.07. The molecule has 0 amide bonds. The third-order valence-corrected chi connectivity index (χ3v) is 11.8. The molecular weight excluding hydrogens is 731 g/mol. The molecule has 0 radical (unpaired) electrons. The SMILES string of the molecule is c1ccc(-c2ccc(N(c3ccc(-c4ccc(-n5c6ccccc6n6c7ccccc7nc56)cc4)cc3)c3cccc(-n4c5ccccc5c5ccccc54)c3)cc2)cc1. The first-order valence-electron chi connectivity index (χ1n) is 20.4. The van der Waals surface area contributed by atoms with Gasteiger partial charge in [-0.3, -0.25) is 8.97 Å². The molecule has 0 aliphatic rings. The van der Waals surface area contributed by atoms with Crippen LogP contribution in [0.4, 0.5) is 17.1 Å². The van der Waals surface area contributed by atoms with Crippen molar-refractivity contribution in [3.63, 3.8) is 0 Å². The lowest BCUT2D eigenvalue weighted by molar-refractivity contribution is 1.11. The molecule has 0 fully saturated rings. The molecule has 12 rings (SSSR count). The molecule has 5 nitrogen and oxygen atoms in total. The molecule has 60 heavy (non-hydrogen) atoms. The number of para-hydroxylation sites is 6. The van der Waals surface area contributed by atoms with Gasteiger partial charge >= 0.3 is 0 Å². The van der Waals surface area contributed by atoms with Gasteiger partial charge in [-0.1, -0.05) is 133 Å². The second-order valence-electron chi connectivity index (χ2n) is 15.3. The molecule has 0 unspecified atom stereocenters. The summed E-state index contributed by atoms with van der Waals surface area (Å²) in [7, 11) is 0. The van der Waals surface area contributed by atoms with Crippen molar-refractivity contribution < 1.29 is 0 Å². The maximum absolute atomic E-state index is 5.07. The van der Waals surface area contributed by atoms with Gasteiger partial charge in [0.1, 0.15) is 0 Å². The van der Waals surface area contributed by atoms with Crippen LogP contribution in [0.1, 0.15) is 0 Å². The summed E-state index contributed by atoms with van der Waals surface area (Å²) in [5.41, 5.74) is 16.9. The fraction of sp³-hybridized carbons (Fsp3) is 0. The smallest absolute Gasteiger partial charge is 0.220 e. The fourth-order valence-electron chi connectivity index (χ4n) is 9.06. The monoisotopic (exact) mass is 767 g/mol. The topological polar surface area (TPSA) is 30.4 Å². The summed E-state index contributed by atoms with van der Waals surface area (Å²) in [4.78, 5) is 7.43. The van der Waals surface area contributed by atoms with Gasteiger partial charge in [0.15, 0.2) is 0 Å². The van der Waals surface area contributed by atoms with Crippen LogP contribution in [-0.2, 0) is 0 Å². The Kier molecular flexibility index (Phi) is 7.78. The van der Waals surface area contributed by atoms with Crippen LogP contribution in [-0.4, -0.2) is 18.5 Å². The predicted molar refractivity (Wildman–Crippen MR) is 249 cm³/mol. The molecule has 3 heterocycles. The lowest BCUT2D eigenvalue weighted by Crippen LogP contribution is -2.10. The van der Waals surface area contributed by atoms with Gasteiger partial charge in [0.25, 0.3) is 0 Å². The van der Waals surface area contributed by atoms with E-state index in [0.29, 0.717) is 0 Å². The van der Waals surface area contributed by atoms with Gasteiger partial charge in [0.05, 0.1) is 33.1 Å². The molecule has 0 atom stereocenters. The second-order valence-corrected chi connectivity index (χ2v) is 15.3. The van der Waals surface area contributed by atoms with Crippen LogP contribution in [0.5, 0.6) is 0 Å². The van der Waals surface area contributed by atoms with Crippen LogP contribution < -0.4 is 4.90 Å². The number of imidazole rings is 2. The summed E-state index contributed by atoms with van der Waals surface area (Å²) in [6.07, 6.45) is 0. The van der Waals surface area contributed by atoms with Crippen molar-refractivity contribution in [2.24, 2.45) is 0 Å². The van der Waals surface area contributed by atoms with Gasteiger partial charge < -0.3 is 9.47 Å². The van der Waals surface area contributed by atoms with Crippen molar-refractivity contribution in [1.82, 2.24) is 18.5 Å². The number of anilines is 3. The lowest BCUT2D eigenvalue weighted by atomic mass is 10.0. The van der Waals surface area contributed by atoms with E-state index in [9.17, 15) is 0 Å². The molecule has 0 aliphatic heterocycles. The zero-order valence-electron chi connectivity index (χ0n) is 32.6. The van der Waals surface area contributed by atoms with E-state index in [1.54, 1.807) is 0 Å². The molecular formula is C55H37N5. The van der Waals surface area contributed by atoms with E-state index in [0.717, 1.165) is 67.4 Å². The molecule has 0 bridgehead atoms. The van der Waals surface area contributed by atoms with Crippen LogP contribution >= 0.6 is 0 Å². The zero-order valence-corrected chi connectivity index (χ0v) is 32.6. The maximum Gasteiger partial charge on any atom is 0.220 e. The molecule has 5 heteroatoms. The van der Waals surface area contributed by atoms with Gasteiger partial charge in [-0.2, -0.15) is 0 Å². The number of rotatable bonds is 7. The Balaban J connectivity index is 0.936. The number of aromatic nitrogens is 4. The van der Waals surface area contributed by atoms with Crippen LogP contribution in [0.2, 0.25) is 0 Å². The third-order valence-electron chi connectivity index (χ3n) is 11.8. The Bertz CT molecular complexity index is 3470. The van der Waals surface area contributed by atoms with Crippen LogP contribution in [0.15, 0.2) is 224 Å². The zero-order chi connectivity index (χ0) is 39.6. The van der Waals surface area contributed by atoms with Crippen molar-refractivity contribution in [3.8, 4) is 33.6 Å². The molecule has 282 valence electrons. The Morgan fingerprint density at radius 2 is 0.817 bits per heavy atom. The minimum atomic E-state index is 0.911. The average molecular weight is 768 g/mol. The first-order valence-corrected chi connectivity index (χ1v) is 20.4. The molecule has 0 spiro atoms. The predicted octanol–water partition coefficient (Wildman–Crippen LogP) is 14.3. The minimum Gasteiger partial charge on any atom is -0.310 e. The van der Waals surface area contributed by atoms with E-state index in [2.05, 4.69) is 237 Å². The summed E-state index contributed by atoms with van der Waals surface area (Å²) in [5.74, 6) is 0.911. The highest BCUT2D eigenvalue weighted by Gasteiger charge is 2.19. The van der Waals surface area contributed by atoms with Crippen molar-refractivity contribution >= 4 is 66.7 Å². The summed E-state index contributed by atoms with van der Waals surface area (Å²) in [6, 6.07) is 80.4. The Labute approximate surface area is 346 Å². The number of nitrogens with zero attached hydrogens (tertiary/aromatic N) is 5. The van der Waals surface area contributed by atoms with Crippen molar-refractivity contribution in [1.29, 1.82) is 0 Å². The van der Waals surface area contributed by atoms with Crippen LogP contribution in [0.3, 0.4) is 0 Å². The summed E-state index contributed by atoms with van der Waals surface area (Å²) in [5, 5.41) is 2.50. The first-order chi connectivity index (χ1) is 29.8. The highest BCUT2D eigenvalue weighted by Crippen LogP contribution is 2.40. The quantitative estimate of drug-likeness (QED) is 0.162. The normalized spacial score (nSPS) is 11.7. The molecule has 9 aromatic carbocycles. The van der Waals surface area contributed by atoms with Crippen LogP contribution in [0, 0.1) is 0 Å². The Hall–Kier alpha value is -8.15. The summed E-state index contributed by atoms with van der Waals surface area (Å²) < 4.78 is 6.90. The lowest BCUT2D eigenvalue weighted by Gasteiger charge is -2.26. The molecule has 0 aliphatic carbocycles. The second kappa shape index (κ2) is 13.8. The Morgan fingerprint density at radius 1 is 0.317 bits per heavy atom. The van der Waals surface area contributed by atoms with Crippen molar-refractivity contribution in [3.05, 3.63) is 224 Å². The van der Waals surface area contributed by atoms with Crippen LogP contribution in [0.25, 0.3) is 83.3 Å². The van der Waals surface area contributed by atoms with Gasteiger partial charge in [-0.15, -0.1) is 0 Å².